The maximum atomic E-state index is 14.0. The second kappa shape index (κ2) is 7.85. The minimum Gasteiger partial charge on any atom is -0.481 e. The van der Waals surface area contributed by atoms with E-state index in [9.17, 15) is 14.3 Å². The van der Waals surface area contributed by atoms with Gasteiger partial charge in [-0.05, 0) is 79.7 Å². The predicted octanol–water partition coefficient (Wildman–Crippen LogP) is 6.68. The van der Waals surface area contributed by atoms with E-state index in [2.05, 4.69) is 22.8 Å². The van der Waals surface area contributed by atoms with Gasteiger partial charge in [0, 0.05) is 35.9 Å². The van der Waals surface area contributed by atoms with Gasteiger partial charge in [-0.2, -0.15) is 0 Å². The largest absolute Gasteiger partial charge is 0.481 e. The number of hydrogen-bond acceptors (Lipinski definition) is 2. The lowest BCUT2D eigenvalue weighted by Crippen LogP contribution is -2.49. The van der Waals surface area contributed by atoms with Crippen molar-refractivity contribution in [3.05, 3.63) is 64.6 Å². The molecule has 3 aliphatic rings. The second-order valence-electron chi connectivity index (χ2n) is 10.2. The summed E-state index contributed by atoms with van der Waals surface area (Å²) in [5.74, 6) is -0.474. The number of aromatic nitrogens is 1. The summed E-state index contributed by atoms with van der Waals surface area (Å²) in [5, 5.41) is 10.7. The summed E-state index contributed by atoms with van der Waals surface area (Å²) in [6.07, 6.45) is 5.61. The molecular weight excluding hydrogens is 441 g/mol. The van der Waals surface area contributed by atoms with Crippen LogP contribution in [0.2, 0.25) is 5.02 Å². The fraction of sp³-hybridized carbons (Fsp3) is 0.444. The Morgan fingerprint density at radius 3 is 2.48 bits per heavy atom. The van der Waals surface area contributed by atoms with Gasteiger partial charge in [0.15, 0.2) is 0 Å². The van der Waals surface area contributed by atoms with Gasteiger partial charge in [0.2, 0.25) is 0 Å². The molecule has 1 aliphatic heterocycles. The van der Waals surface area contributed by atoms with Crippen LogP contribution in [0.5, 0.6) is 0 Å². The van der Waals surface area contributed by atoms with Crippen LogP contribution < -0.4 is 0 Å². The Morgan fingerprint density at radius 2 is 1.79 bits per heavy atom. The SMILES string of the molecule is O=C(O)C1CC2(C1)CC(c1c(C3CCOCC3)n(-c3ccc(F)c(Cl)c3)c3ccccc13)C2. The van der Waals surface area contributed by atoms with Crippen LogP contribution in [0, 0.1) is 17.2 Å². The Kier molecular flexibility index (Phi) is 5.04. The molecule has 0 radical (unpaired) electrons. The molecule has 2 saturated carbocycles. The maximum absolute atomic E-state index is 14.0. The Morgan fingerprint density at radius 1 is 1.06 bits per heavy atom. The third-order valence-corrected chi connectivity index (χ3v) is 8.49. The van der Waals surface area contributed by atoms with Crippen molar-refractivity contribution >= 4 is 28.5 Å². The molecule has 0 bridgehead atoms. The van der Waals surface area contributed by atoms with Gasteiger partial charge in [0.05, 0.1) is 16.5 Å². The van der Waals surface area contributed by atoms with Crippen LogP contribution in [0.15, 0.2) is 42.5 Å². The molecule has 2 aromatic carbocycles. The zero-order valence-corrected chi connectivity index (χ0v) is 19.2. The number of carbonyl (C=O) groups is 1. The Labute approximate surface area is 197 Å². The minimum absolute atomic E-state index is 0.126. The highest BCUT2D eigenvalue weighted by molar-refractivity contribution is 6.30. The molecule has 2 heterocycles. The number of rotatable bonds is 4. The van der Waals surface area contributed by atoms with Gasteiger partial charge in [-0.3, -0.25) is 4.79 Å². The number of carboxylic acid groups (broad SMARTS) is 1. The van der Waals surface area contributed by atoms with Crippen LogP contribution in [0.3, 0.4) is 0 Å². The Bertz CT molecular complexity index is 1230. The lowest BCUT2D eigenvalue weighted by atomic mass is 9.47. The van der Waals surface area contributed by atoms with Gasteiger partial charge >= 0.3 is 5.97 Å². The molecule has 0 atom stereocenters. The van der Waals surface area contributed by atoms with Gasteiger partial charge in [0.1, 0.15) is 5.82 Å². The summed E-state index contributed by atoms with van der Waals surface area (Å²) in [6, 6.07) is 13.4. The summed E-state index contributed by atoms with van der Waals surface area (Å²) in [6.45, 7) is 1.48. The number of nitrogens with zero attached hydrogens (tertiary/aromatic N) is 1. The predicted molar refractivity (Wildman–Crippen MR) is 126 cm³/mol. The molecule has 1 spiro atoms. The molecule has 33 heavy (non-hydrogen) atoms. The van der Waals surface area contributed by atoms with Gasteiger partial charge in [-0.25, -0.2) is 4.39 Å². The molecule has 172 valence electrons. The molecule has 1 N–H and O–H groups in total. The van der Waals surface area contributed by atoms with E-state index in [-0.39, 0.29) is 16.4 Å². The van der Waals surface area contributed by atoms with E-state index in [4.69, 9.17) is 16.3 Å². The smallest absolute Gasteiger partial charge is 0.306 e. The van der Waals surface area contributed by atoms with Crippen molar-refractivity contribution in [3.8, 4) is 5.69 Å². The van der Waals surface area contributed by atoms with E-state index in [0.717, 1.165) is 62.9 Å². The molecule has 4 nitrogen and oxygen atoms in total. The van der Waals surface area contributed by atoms with E-state index in [1.54, 1.807) is 6.07 Å². The van der Waals surface area contributed by atoms with Crippen LogP contribution in [0.1, 0.15) is 61.6 Å². The number of hydrogen-bond donors (Lipinski definition) is 1. The first-order valence-corrected chi connectivity index (χ1v) is 12.2. The van der Waals surface area contributed by atoms with Gasteiger partial charge in [-0.15, -0.1) is 0 Å². The zero-order chi connectivity index (χ0) is 22.7. The van der Waals surface area contributed by atoms with Gasteiger partial charge in [-0.1, -0.05) is 29.8 Å². The number of halogens is 2. The third-order valence-electron chi connectivity index (χ3n) is 8.20. The highest BCUT2D eigenvalue weighted by atomic mass is 35.5. The fourth-order valence-electron chi connectivity index (χ4n) is 6.67. The van der Waals surface area contributed by atoms with Crippen molar-refractivity contribution in [2.75, 3.05) is 13.2 Å². The summed E-state index contributed by atoms with van der Waals surface area (Å²) in [7, 11) is 0. The summed E-state index contributed by atoms with van der Waals surface area (Å²) >= 11 is 6.21. The van der Waals surface area contributed by atoms with Crippen molar-refractivity contribution in [2.24, 2.45) is 11.3 Å². The fourth-order valence-corrected chi connectivity index (χ4v) is 6.85. The van der Waals surface area contributed by atoms with Crippen LogP contribution >= 0.6 is 11.6 Å². The Balaban J connectivity index is 1.48. The van der Waals surface area contributed by atoms with Crippen LogP contribution in [-0.2, 0) is 9.53 Å². The van der Waals surface area contributed by atoms with Crippen molar-refractivity contribution in [1.29, 1.82) is 0 Å². The lowest BCUT2D eigenvalue weighted by molar-refractivity contribution is -0.155. The minimum atomic E-state index is -0.656. The topological polar surface area (TPSA) is 51.5 Å². The van der Waals surface area contributed by atoms with E-state index in [1.165, 1.54) is 22.7 Å². The number of carboxylic acids is 1. The zero-order valence-electron chi connectivity index (χ0n) is 18.4. The molecule has 0 unspecified atom stereocenters. The number of benzene rings is 2. The van der Waals surface area contributed by atoms with Crippen LogP contribution in [-0.4, -0.2) is 28.9 Å². The molecule has 1 saturated heterocycles. The molecule has 6 rings (SSSR count). The van der Waals surface area contributed by atoms with Gasteiger partial charge < -0.3 is 14.4 Å². The first-order valence-electron chi connectivity index (χ1n) is 11.8. The van der Waals surface area contributed by atoms with Crippen molar-refractivity contribution in [3.63, 3.8) is 0 Å². The third kappa shape index (κ3) is 3.39. The number of fused-ring (bicyclic) bond motifs is 1. The molecule has 2 aliphatic carbocycles. The number of para-hydroxylation sites is 1. The van der Waals surface area contributed by atoms with E-state index in [1.807, 2.05) is 12.1 Å². The number of ether oxygens (including phenoxy) is 1. The van der Waals surface area contributed by atoms with Crippen molar-refractivity contribution in [2.45, 2.75) is 50.4 Å². The standard InChI is InChI=1S/C27H27ClFNO3/c28-21-11-19(5-6-22(21)29)30-23-4-2-1-3-20(23)24(25(30)16-7-9-33-10-8-16)17-12-27(13-17)14-18(15-27)26(31)32/h1-6,11,16-18H,7-10,12-15H2,(H,31,32). The van der Waals surface area contributed by atoms with Crippen molar-refractivity contribution < 1.29 is 19.0 Å². The molecule has 6 heteroatoms. The summed E-state index contributed by atoms with van der Waals surface area (Å²) in [4.78, 5) is 11.4. The summed E-state index contributed by atoms with van der Waals surface area (Å²) in [5.41, 5.74) is 4.89. The average molecular weight is 468 g/mol. The Hall–Kier alpha value is -2.37. The second-order valence-corrected chi connectivity index (χ2v) is 10.6. The molecular formula is C27H27ClFNO3. The average Bonchev–Trinajstić information content (AvgIpc) is 3.09. The maximum Gasteiger partial charge on any atom is 0.306 e. The van der Waals surface area contributed by atoms with Crippen LogP contribution in [0.4, 0.5) is 4.39 Å². The molecule has 0 amide bonds. The van der Waals surface area contributed by atoms with E-state index < -0.39 is 11.8 Å². The summed E-state index contributed by atoms with van der Waals surface area (Å²) < 4.78 is 22.0. The van der Waals surface area contributed by atoms with E-state index >= 15 is 0 Å². The molecule has 3 aromatic rings. The van der Waals surface area contributed by atoms with Gasteiger partial charge in [0.25, 0.3) is 0 Å². The normalized spacial score (nSPS) is 27.5. The monoisotopic (exact) mass is 467 g/mol. The highest BCUT2D eigenvalue weighted by Gasteiger charge is 2.56. The number of aliphatic carboxylic acids is 1. The molecule has 3 fully saturated rings. The van der Waals surface area contributed by atoms with Crippen molar-refractivity contribution in [1.82, 2.24) is 4.57 Å². The highest BCUT2D eigenvalue weighted by Crippen LogP contribution is 2.65. The van der Waals surface area contributed by atoms with E-state index in [0.29, 0.717) is 11.8 Å². The van der Waals surface area contributed by atoms with Crippen LogP contribution in [0.25, 0.3) is 16.6 Å². The lowest BCUT2D eigenvalue weighted by Gasteiger charge is -2.57. The first kappa shape index (κ1) is 21.2. The molecule has 1 aromatic heterocycles. The quantitative estimate of drug-likeness (QED) is 0.466. The first-order chi connectivity index (χ1) is 16.0.